The number of carboxylic acids is 1. The number of hydrogen-bond acceptors (Lipinski definition) is 3. The number of aromatic carboxylic acids is 1. The van der Waals surface area contributed by atoms with E-state index in [-0.39, 0.29) is 5.56 Å². The van der Waals surface area contributed by atoms with Crippen molar-refractivity contribution in [2.45, 2.75) is 33.6 Å². The number of aromatic nitrogens is 3. The summed E-state index contributed by atoms with van der Waals surface area (Å²) < 4.78 is 1.82. The number of hydrogen-bond donors (Lipinski definition) is 1. The van der Waals surface area contributed by atoms with Crippen molar-refractivity contribution in [2.24, 2.45) is 0 Å². The molecule has 0 saturated carbocycles. The number of rotatable bonds is 4. The number of aryl methyl sites for hydroxylation is 2. The molecule has 2 aromatic heterocycles. The number of nitrogens with zero attached hydrogens (tertiary/aromatic N) is 3. The standard InChI is InChI=1S/C14H17N3O2/c1-4-5-12-6-11(14(18)19)7-13(16-12)17-8-15-9(2)10(17)3/h6-8H,4-5H2,1-3H3,(H,18,19). The molecule has 0 aliphatic rings. The first-order valence-electron chi connectivity index (χ1n) is 6.28. The molecule has 0 fully saturated rings. The van der Waals surface area contributed by atoms with Crippen molar-refractivity contribution in [1.82, 2.24) is 14.5 Å². The summed E-state index contributed by atoms with van der Waals surface area (Å²) in [4.78, 5) is 19.9. The van der Waals surface area contributed by atoms with Gasteiger partial charge in [0, 0.05) is 11.4 Å². The third kappa shape index (κ3) is 2.65. The van der Waals surface area contributed by atoms with E-state index in [1.807, 2.05) is 25.3 Å². The molecule has 0 spiro atoms. The second-order valence-corrected chi connectivity index (χ2v) is 4.55. The molecule has 0 aliphatic heterocycles. The highest BCUT2D eigenvalue weighted by atomic mass is 16.4. The Hall–Kier alpha value is -2.17. The van der Waals surface area contributed by atoms with Crippen LogP contribution in [0.2, 0.25) is 0 Å². The van der Waals surface area contributed by atoms with E-state index in [9.17, 15) is 9.90 Å². The zero-order valence-electron chi connectivity index (χ0n) is 11.3. The molecule has 2 aromatic rings. The monoisotopic (exact) mass is 259 g/mol. The van der Waals surface area contributed by atoms with Crippen molar-refractivity contribution in [3.63, 3.8) is 0 Å². The number of imidazole rings is 1. The van der Waals surface area contributed by atoms with Crippen LogP contribution in [0.25, 0.3) is 5.82 Å². The van der Waals surface area contributed by atoms with Gasteiger partial charge in [-0.2, -0.15) is 0 Å². The van der Waals surface area contributed by atoms with Gasteiger partial charge in [-0.15, -0.1) is 0 Å². The van der Waals surface area contributed by atoms with Gasteiger partial charge in [-0.3, -0.25) is 4.57 Å². The van der Waals surface area contributed by atoms with Gasteiger partial charge < -0.3 is 5.11 Å². The minimum atomic E-state index is -0.935. The molecule has 1 N–H and O–H groups in total. The first-order chi connectivity index (χ1) is 9.02. The summed E-state index contributed by atoms with van der Waals surface area (Å²) in [5.41, 5.74) is 2.94. The number of pyridine rings is 1. The molecule has 19 heavy (non-hydrogen) atoms. The van der Waals surface area contributed by atoms with Gasteiger partial charge in [0.2, 0.25) is 0 Å². The van der Waals surface area contributed by atoms with Crippen molar-refractivity contribution in [1.29, 1.82) is 0 Å². The molecule has 5 nitrogen and oxygen atoms in total. The summed E-state index contributed by atoms with van der Waals surface area (Å²) in [7, 11) is 0. The molecular weight excluding hydrogens is 242 g/mol. The lowest BCUT2D eigenvalue weighted by molar-refractivity contribution is 0.0696. The molecule has 0 saturated heterocycles. The van der Waals surface area contributed by atoms with E-state index >= 15 is 0 Å². The van der Waals surface area contributed by atoms with Crippen molar-refractivity contribution >= 4 is 5.97 Å². The summed E-state index contributed by atoms with van der Waals surface area (Å²) in [5.74, 6) is -0.322. The summed E-state index contributed by atoms with van der Waals surface area (Å²) in [6.45, 7) is 5.90. The highest BCUT2D eigenvalue weighted by Gasteiger charge is 2.11. The van der Waals surface area contributed by atoms with E-state index in [2.05, 4.69) is 9.97 Å². The van der Waals surface area contributed by atoms with Gasteiger partial charge in [-0.1, -0.05) is 13.3 Å². The Morgan fingerprint density at radius 2 is 2.11 bits per heavy atom. The minimum absolute atomic E-state index is 0.263. The fourth-order valence-electron chi connectivity index (χ4n) is 1.93. The Morgan fingerprint density at radius 1 is 1.37 bits per heavy atom. The Kier molecular flexibility index (Phi) is 3.64. The summed E-state index contributed by atoms with van der Waals surface area (Å²) >= 11 is 0. The maximum atomic E-state index is 11.2. The Labute approximate surface area is 111 Å². The quantitative estimate of drug-likeness (QED) is 0.916. The van der Waals surface area contributed by atoms with Crippen LogP contribution in [0.3, 0.4) is 0 Å². The van der Waals surface area contributed by atoms with Gasteiger partial charge in [-0.05, 0) is 32.4 Å². The normalized spacial score (nSPS) is 10.7. The fraction of sp³-hybridized carbons (Fsp3) is 0.357. The van der Waals surface area contributed by atoms with Gasteiger partial charge in [0.05, 0.1) is 11.3 Å². The van der Waals surface area contributed by atoms with Crippen LogP contribution < -0.4 is 0 Å². The van der Waals surface area contributed by atoms with E-state index < -0.39 is 5.97 Å². The lowest BCUT2D eigenvalue weighted by Gasteiger charge is -2.08. The van der Waals surface area contributed by atoms with E-state index in [4.69, 9.17) is 0 Å². The van der Waals surface area contributed by atoms with Crippen LogP contribution in [0.5, 0.6) is 0 Å². The van der Waals surface area contributed by atoms with E-state index in [0.717, 1.165) is 29.9 Å². The molecule has 0 radical (unpaired) electrons. The largest absolute Gasteiger partial charge is 0.478 e. The lowest BCUT2D eigenvalue weighted by Crippen LogP contribution is -2.06. The molecular formula is C14H17N3O2. The molecule has 0 amide bonds. The van der Waals surface area contributed by atoms with Gasteiger partial charge >= 0.3 is 5.97 Å². The maximum absolute atomic E-state index is 11.2. The zero-order chi connectivity index (χ0) is 14.0. The Bertz CT molecular complexity index is 617. The molecule has 0 atom stereocenters. The highest BCUT2D eigenvalue weighted by Crippen LogP contribution is 2.15. The minimum Gasteiger partial charge on any atom is -0.478 e. The van der Waals surface area contributed by atoms with E-state index in [1.165, 1.54) is 0 Å². The van der Waals surface area contributed by atoms with E-state index in [1.54, 1.807) is 18.5 Å². The van der Waals surface area contributed by atoms with Crippen LogP contribution >= 0.6 is 0 Å². The molecule has 2 rings (SSSR count). The van der Waals surface area contributed by atoms with Gasteiger partial charge in [0.25, 0.3) is 0 Å². The predicted octanol–water partition coefficient (Wildman–Crippen LogP) is 2.53. The van der Waals surface area contributed by atoms with Crippen LogP contribution in [0.15, 0.2) is 18.5 Å². The fourth-order valence-corrected chi connectivity index (χ4v) is 1.93. The second kappa shape index (κ2) is 5.22. The summed E-state index contributed by atoms with van der Waals surface area (Å²) in [5, 5.41) is 9.17. The Balaban J connectivity index is 2.56. The number of carboxylic acid groups (broad SMARTS) is 1. The van der Waals surface area contributed by atoms with Gasteiger partial charge in [0.15, 0.2) is 0 Å². The van der Waals surface area contributed by atoms with Gasteiger partial charge in [-0.25, -0.2) is 14.8 Å². The molecule has 0 bridgehead atoms. The third-order valence-electron chi connectivity index (χ3n) is 3.12. The maximum Gasteiger partial charge on any atom is 0.335 e. The third-order valence-corrected chi connectivity index (χ3v) is 3.12. The molecule has 2 heterocycles. The summed E-state index contributed by atoms with van der Waals surface area (Å²) in [6.07, 6.45) is 3.37. The average Bonchev–Trinajstić information content (AvgIpc) is 2.70. The molecule has 5 heteroatoms. The molecule has 0 unspecified atom stereocenters. The van der Waals surface area contributed by atoms with Crippen molar-refractivity contribution < 1.29 is 9.90 Å². The van der Waals surface area contributed by atoms with Crippen LogP contribution in [0.4, 0.5) is 0 Å². The molecule has 0 aromatic carbocycles. The van der Waals surface area contributed by atoms with Crippen molar-refractivity contribution in [2.75, 3.05) is 0 Å². The van der Waals surface area contributed by atoms with Crippen molar-refractivity contribution in [3.8, 4) is 5.82 Å². The summed E-state index contributed by atoms with van der Waals surface area (Å²) in [6, 6.07) is 3.21. The second-order valence-electron chi connectivity index (χ2n) is 4.55. The van der Waals surface area contributed by atoms with Gasteiger partial charge in [0.1, 0.15) is 12.1 Å². The van der Waals surface area contributed by atoms with Crippen LogP contribution in [0, 0.1) is 13.8 Å². The van der Waals surface area contributed by atoms with E-state index in [0.29, 0.717) is 5.82 Å². The van der Waals surface area contributed by atoms with Crippen molar-refractivity contribution in [3.05, 3.63) is 41.1 Å². The highest BCUT2D eigenvalue weighted by molar-refractivity contribution is 5.88. The van der Waals surface area contributed by atoms with Crippen LogP contribution in [0.1, 0.15) is 40.8 Å². The lowest BCUT2D eigenvalue weighted by atomic mass is 10.1. The van der Waals surface area contributed by atoms with Crippen LogP contribution in [-0.4, -0.2) is 25.6 Å². The first kappa shape index (κ1) is 13.3. The smallest absolute Gasteiger partial charge is 0.335 e. The van der Waals surface area contributed by atoms with Crippen LogP contribution in [-0.2, 0) is 6.42 Å². The molecule has 0 aliphatic carbocycles. The topological polar surface area (TPSA) is 68.0 Å². The first-order valence-corrected chi connectivity index (χ1v) is 6.28. The predicted molar refractivity (Wildman–Crippen MR) is 71.8 cm³/mol. The zero-order valence-corrected chi connectivity index (χ0v) is 11.3. The Morgan fingerprint density at radius 3 is 2.63 bits per heavy atom. The number of carbonyl (C=O) groups is 1. The SMILES string of the molecule is CCCc1cc(C(=O)O)cc(-n2cnc(C)c2C)n1. The average molecular weight is 259 g/mol. The molecule has 100 valence electrons.